The Bertz CT molecular complexity index is 307. The Labute approximate surface area is 161 Å². The number of hydrogen-bond acceptors (Lipinski definition) is 3. The first-order chi connectivity index (χ1) is 12.6. The minimum Gasteiger partial charge on any atom is -0.481 e. The van der Waals surface area contributed by atoms with Gasteiger partial charge in [0.25, 0.3) is 0 Å². The number of carboxylic acid groups (broad SMARTS) is 1. The fraction of sp³-hybridized carbons (Fsp3) is 0.955. The van der Waals surface area contributed by atoms with E-state index in [0.717, 1.165) is 57.8 Å². The summed E-state index contributed by atoms with van der Waals surface area (Å²) < 4.78 is 0. The molecule has 0 aromatic carbocycles. The molecule has 0 aliphatic carbocycles. The molecule has 3 N–H and O–H groups in total. The van der Waals surface area contributed by atoms with Crippen LogP contribution in [0.3, 0.4) is 0 Å². The number of aliphatic hydroxyl groups excluding tert-OH is 2. The van der Waals surface area contributed by atoms with Crippen LogP contribution >= 0.6 is 0 Å². The van der Waals surface area contributed by atoms with E-state index in [1.54, 1.807) is 0 Å². The van der Waals surface area contributed by atoms with Crippen LogP contribution in [0, 0.1) is 0 Å². The van der Waals surface area contributed by atoms with Crippen molar-refractivity contribution in [3.05, 3.63) is 0 Å². The largest absolute Gasteiger partial charge is 0.481 e. The van der Waals surface area contributed by atoms with Gasteiger partial charge in [-0.05, 0) is 32.1 Å². The van der Waals surface area contributed by atoms with Gasteiger partial charge in [-0.3, -0.25) is 4.79 Å². The highest BCUT2D eigenvalue weighted by atomic mass is 16.4. The van der Waals surface area contributed by atoms with Gasteiger partial charge in [0.15, 0.2) is 0 Å². The molecular weight excluding hydrogens is 328 g/mol. The lowest BCUT2D eigenvalue weighted by Gasteiger charge is -2.14. The second-order valence-corrected chi connectivity index (χ2v) is 7.85. The van der Waals surface area contributed by atoms with Crippen molar-refractivity contribution >= 4 is 5.97 Å². The van der Waals surface area contributed by atoms with Gasteiger partial charge in [-0.1, -0.05) is 84.0 Å². The second-order valence-electron chi connectivity index (χ2n) is 7.85. The van der Waals surface area contributed by atoms with E-state index in [0.29, 0.717) is 6.42 Å². The van der Waals surface area contributed by atoms with Gasteiger partial charge < -0.3 is 15.3 Å². The third-order valence-electron chi connectivity index (χ3n) is 5.15. The summed E-state index contributed by atoms with van der Waals surface area (Å²) in [6, 6.07) is 0. The van der Waals surface area contributed by atoms with E-state index in [1.165, 1.54) is 51.4 Å². The third-order valence-corrected chi connectivity index (χ3v) is 5.15. The first-order valence-electron chi connectivity index (χ1n) is 11.1. The molecule has 156 valence electrons. The van der Waals surface area contributed by atoms with Crippen molar-refractivity contribution in [3.8, 4) is 0 Å². The van der Waals surface area contributed by atoms with Crippen molar-refractivity contribution in [1.29, 1.82) is 0 Å². The molecule has 0 heterocycles. The van der Waals surface area contributed by atoms with Gasteiger partial charge in [-0.2, -0.15) is 0 Å². The van der Waals surface area contributed by atoms with Crippen LogP contribution < -0.4 is 0 Å². The van der Waals surface area contributed by atoms with E-state index in [1.807, 2.05) is 0 Å². The molecular formula is C22H44O4. The van der Waals surface area contributed by atoms with Crippen LogP contribution in [0.1, 0.15) is 122 Å². The van der Waals surface area contributed by atoms with Crippen LogP contribution in [0.25, 0.3) is 0 Å². The number of carboxylic acids is 1. The molecule has 0 aromatic heterocycles. The molecule has 2 atom stereocenters. The van der Waals surface area contributed by atoms with E-state index in [4.69, 9.17) is 5.11 Å². The van der Waals surface area contributed by atoms with E-state index in [9.17, 15) is 15.0 Å². The van der Waals surface area contributed by atoms with Crippen molar-refractivity contribution in [1.82, 2.24) is 0 Å². The van der Waals surface area contributed by atoms with Crippen molar-refractivity contribution in [2.75, 3.05) is 0 Å². The van der Waals surface area contributed by atoms with Gasteiger partial charge in [-0.25, -0.2) is 0 Å². The van der Waals surface area contributed by atoms with E-state index in [-0.39, 0.29) is 12.2 Å². The monoisotopic (exact) mass is 372 g/mol. The normalized spacial score (nSPS) is 13.7. The fourth-order valence-electron chi connectivity index (χ4n) is 3.37. The highest BCUT2D eigenvalue weighted by Gasteiger charge is 2.09. The van der Waals surface area contributed by atoms with E-state index < -0.39 is 5.97 Å². The average molecular weight is 373 g/mol. The number of carbonyl (C=O) groups is 1. The fourth-order valence-corrected chi connectivity index (χ4v) is 3.37. The number of unbranched alkanes of at least 4 members (excludes halogenated alkanes) is 11. The molecule has 0 rings (SSSR count). The Kier molecular flexibility index (Phi) is 18.7. The molecule has 0 saturated heterocycles. The topological polar surface area (TPSA) is 77.8 Å². The highest BCUT2D eigenvalue weighted by molar-refractivity contribution is 5.66. The molecule has 0 fully saturated rings. The highest BCUT2D eigenvalue weighted by Crippen LogP contribution is 2.15. The minimum atomic E-state index is -0.682. The average Bonchev–Trinajstić information content (AvgIpc) is 2.60. The zero-order valence-corrected chi connectivity index (χ0v) is 17.1. The van der Waals surface area contributed by atoms with Crippen molar-refractivity contribution < 1.29 is 20.1 Å². The number of hydrogen-bond donors (Lipinski definition) is 3. The Balaban J connectivity index is 3.25. The maximum atomic E-state index is 10.4. The molecule has 26 heavy (non-hydrogen) atoms. The Morgan fingerprint density at radius 3 is 1.42 bits per heavy atom. The van der Waals surface area contributed by atoms with E-state index >= 15 is 0 Å². The lowest BCUT2D eigenvalue weighted by atomic mass is 10.0. The van der Waals surface area contributed by atoms with Crippen molar-refractivity contribution in [2.24, 2.45) is 0 Å². The summed E-state index contributed by atoms with van der Waals surface area (Å²) in [6.45, 7) is 2.17. The summed E-state index contributed by atoms with van der Waals surface area (Å²) in [7, 11) is 0. The molecule has 4 heteroatoms. The summed E-state index contributed by atoms with van der Waals surface area (Å²) in [5, 5.41) is 28.4. The molecule has 0 aliphatic heterocycles. The second kappa shape index (κ2) is 19.2. The van der Waals surface area contributed by atoms with Crippen LogP contribution in [0.2, 0.25) is 0 Å². The molecule has 0 spiro atoms. The maximum Gasteiger partial charge on any atom is 0.303 e. The summed E-state index contributed by atoms with van der Waals surface area (Å²) >= 11 is 0. The van der Waals surface area contributed by atoms with Crippen molar-refractivity contribution in [3.63, 3.8) is 0 Å². The van der Waals surface area contributed by atoms with Gasteiger partial charge in [0.2, 0.25) is 0 Å². The molecule has 0 aromatic rings. The number of aliphatic hydroxyl groups is 2. The summed E-state index contributed by atoms with van der Waals surface area (Å²) in [5.74, 6) is -0.682. The first-order valence-corrected chi connectivity index (χ1v) is 11.1. The number of aliphatic carboxylic acids is 1. The molecule has 0 bridgehead atoms. The SMILES string of the molecule is CCCCCC(O)CCC(O)CCCCCCCCCCCCC(=O)O. The van der Waals surface area contributed by atoms with Crippen LogP contribution in [-0.2, 0) is 4.79 Å². The van der Waals surface area contributed by atoms with Gasteiger partial charge in [0.05, 0.1) is 12.2 Å². The zero-order chi connectivity index (χ0) is 19.5. The molecule has 0 radical (unpaired) electrons. The summed E-state index contributed by atoms with van der Waals surface area (Å²) in [4.78, 5) is 10.4. The van der Waals surface area contributed by atoms with Gasteiger partial charge in [0, 0.05) is 6.42 Å². The lowest BCUT2D eigenvalue weighted by Crippen LogP contribution is -2.13. The van der Waals surface area contributed by atoms with Gasteiger partial charge in [0.1, 0.15) is 0 Å². The predicted molar refractivity (Wildman–Crippen MR) is 108 cm³/mol. The van der Waals surface area contributed by atoms with Gasteiger partial charge in [-0.15, -0.1) is 0 Å². The number of rotatable bonds is 20. The maximum absolute atomic E-state index is 10.4. The van der Waals surface area contributed by atoms with Gasteiger partial charge >= 0.3 is 5.97 Å². The third kappa shape index (κ3) is 19.7. The zero-order valence-electron chi connectivity index (χ0n) is 17.1. The first kappa shape index (κ1) is 25.4. The molecule has 0 amide bonds. The van der Waals surface area contributed by atoms with E-state index in [2.05, 4.69) is 6.92 Å². The van der Waals surface area contributed by atoms with Crippen molar-refractivity contribution in [2.45, 2.75) is 135 Å². The Morgan fingerprint density at radius 2 is 1.00 bits per heavy atom. The standard InChI is InChI=1S/C22H44O4/c1-2-3-12-15-20(23)18-19-21(24)16-13-10-8-6-4-5-7-9-11-14-17-22(25)26/h20-21,23-24H,2-19H2,1H3,(H,25,26). The molecule has 0 saturated carbocycles. The lowest BCUT2D eigenvalue weighted by molar-refractivity contribution is -0.137. The predicted octanol–water partition coefficient (Wildman–Crippen LogP) is 5.83. The molecule has 0 aliphatic rings. The minimum absolute atomic E-state index is 0.236. The van der Waals surface area contributed by atoms with Crippen LogP contribution in [-0.4, -0.2) is 33.5 Å². The summed E-state index contributed by atoms with van der Waals surface area (Å²) in [5.41, 5.74) is 0. The summed E-state index contributed by atoms with van der Waals surface area (Å²) in [6.07, 6.45) is 18.0. The van der Waals surface area contributed by atoms with Crippen LogP contribution in [0.5, 0.6) is 0 Å². The molecule has 4 nitrogen and oxygen atoms in total. The van der Waals surface area contributed by atoms with Crippen LogP contribution in [0.15, 0.2) is 0 Å². The Morgan fingerprint density at radius 1 is 0.615 bits per heavy atom. The van der Waals surface area contributed by atoms with Crippen LogP contribution in [0.4, 0.5) is 0 Å². The smallest absolute Gasteiger partial charge is 0.303 e. The molecule has 2 unspecified atom stereocenters. The quantitative estimate of drug-likeness (QED) is 0.235. The Hall–Kier alpha value is -0.610.